The van der Waals surface area contributed by atoms with Crippen molar-refractivity contribution in [3.63, 3.8) is 0 Å². The van der Waals surface area contributed by atoms with Crippen LogP contribution in [0.2, 0.25) is 0 Å². The average Bonchev–Trinajstić information content (AvgIpc) is 2.93. The van der Waals surface area contributed by atoms with E-state index in [4.69, 9.17) is 0 Å². The van der Waals surface area contributed by atoms with E-state index in [1.165, 1.54) is 6.33 Å². The molecule has 0 fully saturated rings. The maximum Gasteiger partial charge on any atom is 0.283 e. The maximum absolute atomic E-state index is 12.4. The van der Waals surface area contributed by atoms with Gasteiger partial charge in [-0.25, -0.2) is 9.55 Å². The number of fused-ring (bicyclic) bond motifs is 2. The van der Waals surface area contributed by atoms with E-state index in [0.29, 0.717) is 0 Å². The largest absolute Gasteiger partial charge is 0.367 e. The standard InChI is InChI=1S/C11H15N5O3/c1-3-10(18)11(19,4-2)16-8(17)6-7(13-5-12-6)14-9(16)15-10/h5,18-19H,3-4H2,1-2H3,(H,12,13)(H,14,15). The molecule has 2 aromatic rings. The molecular formula is C11H15N5O3. The number of aromatic amines is 1. The number of imidazole rings is 1. The second kappa shape index (κ2) is 3.55. The zero-order valence-electron chi connectivity index (χ0n) is 10.6. The second-order valence-corrected chi connectivity index (χ2v) is 4.69. The van der Waals surface area contributed by atoms with Crippen LogP contribution in [0.3, 0.4) is 0 Å². The summed E-state index contributed by atoms with van der Waals surface area (Å²) in [4.78, 5) is 23.2. The summed E-state index contributed by atoms with van der Waals surface area (Å²) in [5, 5.41) is 24.0. The van der Waals surface area contributed by atoms with Gasteiger partial charge in [0.2, 0.25) is 5.95 Å². The van der Waals surface area contributed by atoms with Crippen LogP contribution in [0, 0.1) is 0 Å². The molecule has 1 aliphatic rings. The number of aliphatic hydroxyl groups is 2. The van der Waals surface area contributed by atoms with Crippen molar-refractivity contribution in [1.29, 1.82) is 0 Å². The first-order valence-electron chi connectivity index (χ1n) is 6.16. The van der Waals surface area contributed by atoms with Crippen molar-refractivity contribution in [1.82, 2.24) is 19.5 Å². The molecule has 1 aliphatic heterocycles. The predicted octanol–water partition coefficient (Wildman–Crippen LogP) is -0.301. The normalized spacial score (nSPS) is 29.5. The molecule has 2 aromatic heterocycles. The Bertz CT molecular complexity index is 708. The van der Waals surface area contributed by atoms with E-state index in [1.807, 2.05) is 0 Å². The van der Waals surface area contributed by atoms with E-state index in [1.54, 1.807) is 13.8 Å². The highest BCUT2D eigenvalue weighted by atomic mass is 16.4. The summed E-state index contributed by atoms with van der Waals surface area (Å²) in [5.41, 5.74) is -3.36. The van der Waals surface area contributed by atoms with Gasteiger partial charge in [-0.2, -0.15) is 4.98 Å². The fraction of sp³-hybridized carbons (Fsp3) is 0.545. The minimum atomic E-state index is -1.74. The van der Waals surface area contributed by atoms with Crippen LogP contribution in [0.1, 0.15) is 26.7 Å². The Morgan fingerprint density at radius 2 is 2.11 bits per heavy atom. The van der Waals surface area contributed by atoms with Gasteiger partial charge in [-0.3, -0.25) is 4.79 Å². The lowest BCUT2D eigenvalue weighted by atomic mass is 9.95. The Morgan fingerprint density at radius 3 is 2.74 bits per heavy atom. The van der Waals surface area contributed by atoms with Gasteiger partial charge in [0.05, 0.1) is 6.33 Å². The van der Waals surface area contributed by atoms with Gasteiger partial charge in [-0.05, 0) is 12.8 Å². The molecule has 0 saturated carbocycles. The van der Waals surface area contributed by atoms with Gasteiger partial charge in [-0.15, -0.1) is 0 Å². The minimum absolute atomic E-state index is 0.123. The molecule has 0 radical (unpaired) electrons. The Labute approximate surface area is 108 Å². The minimum Gasteiger partial charge on any atom is -0.367 e. The molecule has 3 rings (SSSR count). The number of nitrogens with one attached hydrogen (secondary N) is 2. The SMILES string of the molecule is CCC1(O)Nc2nc3nc[nH]c3c(=O)n2C1(O)CC. The number of hydrogen-bond donors (Lipinski definition) is 4. The molecule has 8 heteroatoms. The molecule has 102 valence electrons. The summed E-state index contributed by atoms with van der Waals surface area (Å²) in [6.07, 6.45) is 1.76. The van der Waals surface area contributed by atoms with Crippen molar-refractivity contribution in [2.75, 3.05) is 5.32 Å². The van der Waals surface area contributed by atoms with Crippen LogP contribution in [0.25, 0.3) is 11.2 Å². The molecule has 0 aromatic carbocycles. The van der Waals surface area contributed by atoms with Crippen LogP contribution >= 0.6 is 0 Å². The maximum atomic E-state index is 12.4. The van der Waals surface area contributed by atoms with E-state index in [0.717, 1.165) is 4.57 Å². The molecule has 3 heterocycles. The van der Waals surface area contributed by atoms with E-state index < -0.39 is 17.0 Å². The zero-order chi connectivity index (χ0) is 13.8. The molecule has 2 atom stereocenters. The van der Waals surface area contributed by atoms with Crippen molar-refractivity contribution in [2.45, 2.75) is 38.1 Å². The highest BCUT2D eigenvalue weighted by Gasteiger charge is 2.56. The lowest BCUT2D eigenvalue weighted by Gasteiger charge is -2.36. The van der Waals surface area contributed by atoms with Crippen LogP contribution in [0.15, 0.2) is 11.1 Å². The van der Waals surface area contributed by atoms with E-state index >= 15 is 0 Å². The highest BCUT2D eigenvalue weighted by Crippen LogP contribution is 2.40. The van der Waals surface area contributed by atoms with Gasteiger partial charge in [0, 0.05) is 0 Å². The number of anilines is 1. The average molecular weight is 265 g/mol. The summed E-state index contributed by atoms with van der Waals surface area (Å²) in [6.45, 7) is 3.41. The molecule has 0 bridgehead atoms. The Kier molecular flexibility index (Phi) is 2.26. The van der Waals surface area contributed by atoms with Crippen molar-refractivity contribution in [3.8, 4) is 0 Å². The monoisotopic (exact) mass is 265 g/mol. The van der Waals surface area contributed by atoms with E-state index in [9.17, 15) is 15.0 Å². The quantitative estimate of drug-likeness (QED) is 0.592. The summed E-state index contributed by atoms with van der Waals surface area (Å²) >= 11 is 0. The van der Waals surface area contributed by atoms with Gasteiger partial charge in [0.25, 0.3) is 5.56 Å². The highest BCUT2D eigenvalue weighted by molar-refractivity contribution is 5.71. The van der Waals surface area contributed by atoms with Crippen LogP contribution in [-0.4, -0.2) is 35.5 Å². The zero-order valence-corrected chi connectivity index (χ0v) is 10.6. The van der Waals surface area contributed by atoms with Crippen LogP contribution < -0.4 is 10.9 Å². The fourth-order valence-electron chi connectivity index (χ4n) is 2.61. The third kappa shape index (κ3) is 1.27. The van der Waals surface area contributed by atoms with Gasteiger partial charge in [-0.1, -0.05) is 13.8 Å². The third-order valence-corrected chi connectivity index (χ3v) is 3.82. The first-order valence-corrected chi connectivity index (χ1v) is 6.16. The molecule has 19 heavy (non-hydrogen) atoms. The van der Waals surface area contributed by atoms with Crippen LogP contribution in [0.5, 0.6) is 0 Å². The van der Waals surface area contributed by atoms with Gasteiger partial charge in [0.15, 0.2) is 22.6 Å². The van der Waals surface area contributed by atoms with Gasteiger partial charge >= 0.3 is 0 Å². The van der Waals surface area contributed by atoms with Crippen LogP contribution in [-0.2, 0) is 5.72 Å². The molecule has 2 unspecified atom stereocenters. The molecule has 0 amide bonds. The van der Waals surface area contributed by atoms with Crippen molar-refractivity contribution < 1.29 is 10.2 Å². The Balaban J connectivity index is 2.38. The predicted molar refractivity (Wildman–Crippen MR) is 67.5 cm³/mol. The number of hydrogen-bond acceptors (Lipinski definition) is 6. The number of aromatic nitrogens is 4. The van der Waals surface area contributed by atoms with Gasteiger partial charge < -0.3 is 20.5 Å². The number of nitrogens with zero attached hydrogens (tertiary/aromatic N) is 3. The fourth-order valence-corrected chi connectivity index (χ4v) is 2.61. The first kappa shape index (κ1) is 12.1. The van der Waals surface area contributed by atoms with Gasteiger partial charge in [0.1, 0.15) is 0 Å². The summed E-state index contributed by atoms with van der Waals surface area (Å²) < 4.78 is 1.09. The summed E-state index contributed by atoms with van der Waals surface area (Å²) in [7, 11) is 0. The van der Waals surface area contributed by atoms with Crippen molar-refractivity contribution in [2.24, 2.45) is 0 Å². The Morgan fingerprint density at radius 1 is 1.37 bits per heavy atom. The molecular weight excluding hydrogens is 250 g/mol. The van der Waals surface area contributed by atoms with Crippen molar-refractivity contribution in [3.05, 3.63) is 16.7 Å². The first-order chi connectivity index (χ1) is 8.97. The molecule has 0 aliphatic carbocycles. The summed E-state index contributed by atoms with van der Waals surface area (Å²) in [6, 6.07) is 0. The number of H-pyrrole nitrogens is 1. The molecule has 0 saturated heterocycles. The smallest absolute Gasteiger partial charge is 0.283 e. The van der Waals surface area contributed by atoms with Crippen molar-refractivity contribution >= 4 is 17.1 Å². The second-order valence-electron chi connectivity index (χ2n) is 4.69. The van der Waals surface area contributed by atoms with Crippen LogP contribution in [0.4, 0.5) is 5.95 Å². The molecule has 8 nitrogen and oxygen atoms in total. The Hall–Kier alpha value is -1.93. The lowest BCUT2D eigenvalue weighted by molar-refractivity contribution is -0.178. The topological polar surface area (TPSA) is 116 Å². The summed E-state index contributed by atoms with van der Waals surface area (Å²) in [5.74, 6) is 0.123. The lowest BCUT2D eigenvalue weighted by Crippen LogP contribution is -2.56. The number of rotatable bonds is 2. The molecule has 0 spiro atoms. The third-order valence-electron chi connectivity index (χ3n) is 3.82. The van der Waals surface area contributed by atoms with E-state index in [-0.39, 0.29) is 30.0 Å². The molecule has 4 N–H and O–H groups in total. The van der Waals surface area contributed by atoms with E-state index in [2.05, 4.69) is 20.3 Å².